The molecule has 3 aromatic rings. The molecule has 0 amide bonds. The van der Waals surface area contributed by atoms with Gasteiger partial charge in [-0.3, -0.25) is 0 Å². The first kappa shape index (κ1) is 23.4. The van der Waals surface area contributed by atoms with E-state index in [2.05, 4.69) is 12.1 Å². The highest BCUT2D eigenvalue weighted by Gasteiger charge is 2.41. The lowest BCUT2D eigenvalue weighted by molar-refractivity contribution is -0.0804. The molecule has 3 aromatic carbocycles. The largest absolute Gasteiger partial charge is 0.497 e. The van der Waals surface area contributed by atoms with E-state index < -0.39 is 5.60 Å². The van der Waals surface area contributed by atoms with Crippen molar-refractivity contribution in [2.75, 3.05) is 27.9 Å². The average molecular weight is 444 g/mol. The van der Waals surface area contributed by atoms with Gasteiger partial charge in [0.25, 0.3) is 0 Å². The van der Waals surface area contributed by atoms with Gasteiger partial charge in [-0.25, -0.2) is 0 Å². The zero-order valence-electron chi connectivity index (χ0n) is 19.3. The van der Waals surface area contributed by atoms with Crippen molar-refractivity contribution < 1.29 is 23.7 Å². The van der Waals surface area contributed by atoms with E-state index in [4.69, 9.17) is 31.5 Å². The van der Waals surface area contributed by atoms with Crippen LogP contribution in [0, 0.1) is 0 Å². The van der Waals surface area contributed by atoms with Gasteiger partial charge in [-0.1, -0.05) is 54.6 Å². The van der Waals surface area contributed by atoms with Crippen LogP contribution in [-0.4, -0.2) is 54.0 Å². The molecule has 3 atom stereocenters. The highest BCUT2D eigenvalue weighted by Crippen LogP contribution is 2.42. The van der Waals surface area contributed by atoms with Crippen molar-refractivity contribution in [2.45, 2.75) is 30.2 Å². The van der Waals surface area contributed by atoms with Crippen LogP contribution in [0.1, 0.15) is 23.1 Å². The number of ether oxygens (including phenoxy) is 5. The molecule has 33 heavy (non-hydrogen) atoms. The lowest BCUT2D eigenvalue weighted by atomic mass is 9.80. The van der Waals surface area contributed by atoms with Crippen LogP contribution in [0.25, 0.3) is 0 Å². The Labute approximate surface area is 197 Å². The van der Waals surface area contributed by atoms with E-state index in [-0.39, 0.29) is 18.2 Å². The quantitative estimate of drug-likeness (QED) is 0.364. The normalized spacial score (nSPS) is 20.5. The van der Waals surface area contributed by atoms with Gasteiger partial charge in [-0.15, -0.1) is 0 Å². The van der Waals surface area contributed by atoms with Crippen LogP contribution in [0.2, 0.25) is 0 Å². The summed E-state index contributed by atoms with van der Waals surface area (Å²) in [5, 5.41) is 0. The summed E-state index contributed by atoms with van der Waals surface area (Å²) in [4.78, 5) is 0. The van der Waals surface area contributed by atoms with E-state index in [0.717, 1.165) is 28.2 Å². The predicted molar refractivity (Wildman–Crippen MR) is 128 cm³/mol. The zero-order chi connectivity index (χ0) is 23.3. The zero-order valence-corrected chi connectivity index (χ0v) is 19.3. The van der Waals surface area contributed by atoms with Gasteiger partial charge in [0, 0.05) is 13.1 Å². The fourth-order valence-corrected chi connectivity index (χ4v) is 4.42. The highest BCUT2D eigenvalue weighted by molar-refractivity contribution is 6.11. The molecule has 1 fully saturated rings. The van der Waals surface area contributed by atoms with Crippen molar-refractivity contribution in [3.63, 3.8) is 0 Å². The Morgan fingerprint density at radius 3 is 1.79 bits per heavy atom. The Balaban J connectivity index is 1.83. The molecule has 0 bridgehead atoms. The summed E-state index contributed by atoms with van der Waals surface area (Å²) < 4.78 is 29.2. The highest BCUT2D eigenvalue weighted by atomic mass is 16.6. The first-order valence-corrected chi connectivity index (χ1v) is 11.0. The van der Waals surface area contributed by atoms with Crippen LogP contribution in [-0.2, 0) is 19.8 Å². The third kappa shape index (κ3) is 4.79. The monoisotopic (exact) mass is 444 g/mol. The van der Waals surface area contributed by atoms with Gasteiger partial charge in [-0.2, -0.15) is 0 Å². The van der Waals surface area contributed by atoms with Gasteiger partial charge in [0.1, 0.15) is 31.1 Å². The first-order valence-electron chi connectivity index (χ1n) is 11.0. The third-order valence-corrected chi connectivity index (χ3v) is 6.17. The summed E-state index contributed by atoms with van der Waals surface area (Å²) in [6, 6.07) is 25.7. The summed E-state index contributed by atoms with van der Waals surface area (Å²) in [5.41, 5.74) is 2.04. The summed E-state index contributed by atoms with van der Waals surface area (Å²) >= 11 is 0. The van der Waals surface area contributed by atoms with Crippen LogP contribution in [0.15, 0.2) is 78.9 Å². The maximum Gasteiger partial charge on any atom is 0.143 e. The standard InChI is InChI=1S/C27H29BO5/c1-29-22-13-9-20(10-14-22)27(19-7-5-4-6-8-19,21-11-15-23(30-2)16-12-21)32-18-25-24(31-3)17-26(28)33-25/h4-16,24-26H,17-18H2,1-3H3/t24?,25-,26-/m1/s1. The van der Waals surface area contributed by atoms with Gasteiger partial charge in [0.05, 0.1) is 26.9 Å². The van der Waals surface area contributed by atoms with Gasteiger partial charge in [0.15, 0.2) is 0 Å². The Hall–Kier alpha value is -2.80. The van der Waals surface area contributed by atoms with E-state index in [9.17, 15) is 0 Å². The molecule has 1 aliphatic heterocycles. The predicted octanol–water partition coefficient (Wildman–Crippen LogP) is 4.31. The van der Waals surface area contributed by atoms with Crippen molar-refractivity contribution in [1.82, 2.24) is 0 Å². The minimum Gasteiger partial charge on any atom is -0.497 e. The Morgan fingerprint density at radius 2 is 1.30 bits per heavy atom. The molecule has 0 saturated carbocycles. The average Bonchev–Trinajstić information content (AvgIpc) is 3.25. The van der Waals surface area contributed by atoms with Gasteiger partial charge >= 0.3 is 0 Å². The Bertz CT molecular complexity index is 959. The molecule has 4 rings (SSSR count). The number of hydrogen-bond acceptors (Lipinski definition) is 5. The molecule has 0 aliphatic carbocycles. The lowest BCUT2D eigenvalue weighted by Gasteiger charge is -2.37. The molecule has 0 spiro atoms. The van der Waals surface area contributed by atoms with Gasteiger partial charge < -0.3 is 23.7 Å². The molecule has 2 radical (unpaired) electrons. The molecule has 1 aliphatic rings. The summed E-state index contributed by atoms with van der Waals surface area (Å²) in [7, 11) is 11.0. The summed E-state index contributed by atoms with van der Waals surface area (Å²) in [6.07, 6.45) is 0.235. The van der Waals surface area contributed by atoms with Gasteiger partial charge in [-0.05, 0) is 47.4 Å². The Morgan fingerprint density at radius 1 is 0.788 bits per heavy atom. The van der Waals surface area contributed by atoms with Crippen LogP contribution in [0.4, 0.5) is 0 Å². The topological polar surface area (TPSA) is 46.2 Å². The maximum absolute atomic E-state index is 6.86. The number of benzene rings is 3. The van der Waals surface area contributed by atoms with Crippen LogP contribution in [0.3, 0.4) is 0 Å². The van der Waals surface area contributed by atoms with E-state index in [1.54, 1.807) is 21.3 Å². The fraction of sp³-hybridized carbons (Fsp3) is 0.333. The molecule has 5 nitrogen and oxygen atoms in total. The molecule has 1 heterocycles. The number of hydrogen-bond donors (Lipinski definition) is 0. The minimum atomic E-state index is -0.895. The molecular weight excluding hydrogens is 415 g/mol. The van der Waals surface area contributed by atoms with Crippen molar-refractivity contribution in [3.05, 3.63) is 95.6 Å². The maximum atomic E-state index is 6.86. The van der Waals surface area contributed by atoms with Crippen LogP contribution < -0.4 is 9.47 Å². The second-order valence-electron chi connectivity index (χ2n) is 8.04. The van der Waals surface area contributed by atoms with E-state index in [1.807, 2.05) is 66.7 Å². The van der Waals surface area contributed by atoms with Crippen LogP contribution in [0.5, 0.6) is 11.5 Å². The fourth-order valence-electron chi connectivity index (χ4n) is 4.42. The summed E-state index contributed by atoms with van der Waals surface area (Å²) in [5.74, 6) is 1.56. The van der Waals surface area contributed by atoms with Crippen molar-refractivity contribution in [2.24, 2.45) is 0 Å². The lowest BCUT2D eigenvalue weighted by Crippen LogP contribution is -2.38. The van der Waals surface area contributed by atoms with E-state index in [0.29, 0.717) is 13.0 Å². The molecule has 170 valence electrons. The molecule has 1 unspecified atom stereocenters. The molecule has 0 aromatic heterocycles. The van der Waals surface area contributed by atoms with Gasteiger partial charge in [0.2, 0.25) is 0 Å². The van der Waals surface area contributed by atoms with Crippen molar-refractivity contribution >= 4 is 7.85 Å². The Kier molecular flexibility index (Phi) is 7.38. The third-order valence-electron chi connectivity index (χ3n) is 6.17. The molecule has 0 N–H and O–H groups in total. The van der Waals surface area contributed by atoms with Crippen LogP contribution >= 0.6 is 0 Å². The van der Waals surface area contributed by atoms with Crippen molar-refractivity contribution in [1.29, 1.82) is 0 Å². The van der Waals surface area contributed by atoms with E-state index in [1.165, 1.54) is 0 Å². The van der Waals surface area contributed by atoms with E-state index >= 15 is 0 Å². The van der Waals surface area contributed by atoms with Crippen molar-refractivity contribution in [3.8, 4) is 11.5 Å². The first-order chi connectivity index (χ1) is 16.1. The smallest absolute Gasteiger partial charge is 0.143 e. The SMILES string of the molecule is [B][C@H]1CC(OC)[C@@H](COC(c2ccccc2)(c2ccc(OC)cc2)c2ccc(OC)cc2)O1. The molecule has 1 saturated heterocycles. The number of rotatable bonds is 9. The second-order valence-corrected chi connectivity index (χ2v) is 8.04. The molecular formula is C27H29BO5. The summed E-state index contributed by atoms with van der Waals surface area (Å²) in [6.45, 7) is 0.305. The number of methoxy groups -OCH3 is 3. The molecule has 6 heteroatoms. The second kappa shape index (κ2) is 10.4. The minimum absolute atomic E-state index is 0.125.